The number of carboxylic acid groups (broad SMARTS) is 1. The Morgan fingerprint density at radius 3 is 2.73 bits per heavy atom. The van der Waals surface area contributed by atoms with Crippen molar-refractivity contribution in [2.45, 2.75) is 25.8 Å². The fourth-order valence-electron chi connectivity index (χ4n) is 3.40. The third kappa shape index (κ3) is 4.09. The molecular weight excluding hydrogens is 358 g/mol. The second-order valence-electron chi connectivity index (χ2n) is 6.69. The summed E-state index contributed by atoms with van der Waals surface area (Å²) in [4.78, 5) is 24.9. The summed E-state index contributed by atoms with van der Waals surface area (Å²) >= 11 is 0. The number of nitrogens with one attached hydrogen (secondary N) is 1. The fourth-order valence-corrected chi connectivity index (χ4v) is 4.96. The van der Waals surface area contributed by atoms with Crippen LogP contribution in [0.2, 0.25) is 0 Å². The van der Waals surface area contributed by atoms with E-state index in [0.29, 0.717) is 38.0 Å². The molecule has 0 saturated carbocycles. The lowest BCUT2D eigenvalue weighted by Crippen LogP contribution is -2.46. The number of carbonyl (C=O) groups excluding carboxylic acids is 1. The predicted octanol–water partition coefficient (Wildman–Crippen LogP) is 1.23. The molecule has 0 bridgehead atoms. The first kappa shape index (κ1) is 18.5. The first-order chi connectivity index (χ1) is 12.4. The topological polar surface area (TPSA) is 107 Å². The second kappa shape index (κ2) is 7.53. The number of hydrogen-bond acceptors (Lipinski definition) is 4. The Labute approximate surface area is 152 Å². The van der Waals surface area contributed by atoms with Gasteiger partial charge in [-0.15, -0.1) is 0 Å². The van der Waals surface area contributed by atoms with Gasteiger partial charge in [0.15, 0.2) is 0 Å². The first-order valence-corrected chi connectivity index (χ1v) is 10.3. The van der Waals surface area contributed by atoms with E-state index in [9.17, 15) is 18.0 Å². The molecule has 2 aliphatic rings. The van der Waals surface area contributed by atoms with Crippen LogP contribution in [0.4, 0.5) is 10.5 Å². The highest BCUT2D eigenvalue weighted by Crippen LogP contribution is 2.24. The van der Waals surface area contributed by atoms with Crippen LogP contribution in [-0.2, 0) is 21.4 Å². The zero-order valence-corrected chi connectivity index (χ0v) is 15.2. The zero-order valence-electron chi connectivity index (χ0n) is 14.4. The number of carboxylic acids is 1. The molecule has 26 heavy (non-hydrogen) atoms. The maximum Gasteiger partial charge on any atom is 0.317 e. The average Bonchev–Trinajstić information content (AvgIpc) is 2.99. The van der Waals surface area contributed by atoms with Crippen LogP contribution in [0.5, 0.6) is 0 Å². The van der Waals surface area contributed by atoms with E-state index in [1.807, 2.05) is 6.07 Å². The van der Waals surface area contributed by atoms with Crippen molar-refractivity contribution < 1.29 is 23.1 Å². The van der Waals surface area contributed by atoms with Gasteiger partial charge in [-0.25, -0.2) is 13.2 Å². The maximum absolute atomic E-state index is 12.3. The van der Waals surface area contributed by atoms with E-state index in [1.165, 1.54) is 9.21 Å². The Morgan fingerprint density at radius 2 is 2.04 bits per heavy atom. The molecular formula is C17H23N3O5S. The van der Waals surface area contributed by atoms with E-state index in [4.69, 9.17) is 5.11 Å². The molecule has 9 heteroatoms. The Balaban J connectivity index is 1.60. The summed E-state index contributed by atoms with van der Waals surface area (Å²) in [6.07, 6.45) is 1.88. The minimum atomic E-state index is -3.24. The summed E-state index contributed by atoms with van der Waals surface area (Å²) in [5, 5.41) is 11.9. The van der Waals surface area contributed by atoms with Crippen molar-refractivity contribution in [2.75, 3.05) is 29.7 Å². The van der Waals surface area contributed by atoms with Gasteiger partial charge in [0.2, 0.25) is 10.0 Å². The number of piperidine rings is 1. The van der Waals surface area contributed by atoms with Crippen LogP contribution >= 0.6 is 0 Å². The van der Waals surface area contributed by atoms with Gasteiger partial charge in [0.05, 0.1) is 17.4 Å². The van der Waals surface area contributed by atoms with Gasteiger partial charge in [-0.2, -0.15) is 0 Å². The molecule has 142 valence electrons. The van der Waals surface area contributed by atoms with E-state index < -0.39 is 21.9 Å². The number of benzene rings is 1. The van der Waals surface area contributed by atoms with Crippen molar-refractivity contribution >= 4 is 27.7 Å². The number of likely N-dealkylation sites (tertiary alicyclic amines) is 1. The number of anilines is 1. The van der Waals surface area contributed by atoms with Gasteiger partial charge < -0.3 is 15.3 Å². The van der Waals surface area contributed by atoms with Crippen molar-refractivity contribution in [3.8, 4) is 0 Å². The lowest BCUT2D eigenvalue weighted by Gasteiger charge is -2.30. The number of carbonyl (C=O) groups is 2. The van der Waals surface area contributed by atoms with Gasteiger partial charge in [0.25, 0.3) is 0 Å². The van der Waals surface area contributed by atoms with Gasteiger partial charge in [-0.1, -0.05) is 12.1 Å². The van der Waals surface area contributed by atoms with Gasteiger partial charge in [0.1, 0.15) is 0 Å². The number of amides is 2. The largest absolute Gasteiger partial charge is 0.481 e. The van der Waals surface area contributed by atoms with E-state index in [-0.39, 0.29) is 24.9 Å². The lowest BCUT2D eigenvalue weighted by atomic mass is 9.99. The lowest BCUT2D eigenvalue weighted by molar-refractivity contribution is -0.143. The number of urea groups is 1. The van der Waals surface area contributed by atoms with Gasteiger partial charge in [0, 0.05) is 26.2 Å². The Morgan fingerprint density at radius 1 is 1.23 bits per heavy atom. The predicted molar refractivity (Wildman–Crippen MR) is 96.4 cm³/mol. The molecule has 0 aromatic heterocycles. The highest BCUT2D eigenvalue weighted by Gasteiger charge is 2.29. The summed E-state index contributed by atoms with van der Waals surface area (Å²) in [5.41, 5.74) is 1.41. The van der Waals surface area contributed by atoms with Crippen molar-refractivity contribution in [1.29, 1.82) is 0 Å². The number of nitrogens with zero attached hydrogens (tertiary/aromatic N) is 2. The molecule has 2 heterocycles. The van der Waals surface area contributed by atoms with Crippen LogP contribution in [0.15, 0.2) is 24.3 Å². The summed E-state index contributed by atoms with van der Waals surface area (Å²) in [7, 11) is -3.24. The van der Waals surface area contributed by atoms with E-state index >= 15 is 0 Å². The standard InChI is InChI=1S/C17H23N3O5S/c21-16(22)14-5-2-7-19(12-14)17(23)18-11-13-4-1-6-15(10-13)20-8-3-9-26(20,24)25/h1,4,6,10,14H,2-3,5,7-9,11-12H2,(H,18,23)(H,21,22). The van der Waals surface area contributed by atoms with Crippen molar-refractivity contribution in [2.24, 2.45) is 5.92 Å². The first-order valence-electron chi connectivity index (χ1n) is 8.72. The van der Waals surface area contributed by atoms with E-state index in [2.05, 4.69) is 5.32 Å². The minimum Gasteiger partial charge on any atom is -0.481 e. The molecule has 2 fully saturated rings. The molecule has 0 aliphatic carbocycles. The molecule has 0 spiro atoms. The van der Waals surface area contributed by atoms with Crippen LogP contribution < -0.4 is 9.62 Å². The van der Waals surface area contributed by atoms with Gasteiger partial charge >= 0.3 is 12.0 Å². The highest BCUT2D eigenvalue weighted by molar-refractivity contribution is 7.93. The smallest absolute Gasteiger partial charge is 0.317 e. The molecule has 3 rings (SSSR count). The van der Waals surface area contributed by atoms with Gasteiger partial charge in [-0.3, -0.25) is 9.10 Å². The average molecular weight is 381 g/mol. The van der Waals surface area contributed by atoms with Crippen LogP contribution in [0.1, 0.15) is 24.8 Å². The molecule has 2 aliphatic heterocycles. The van der Waals surface area contributed by atoms with Crippen LogP contribution in [0.3, 0.4) is 0 Å². The molecule has 1 unspecified atom stereocenters. The van der Waals surface area contributed by atoms with Crippen LogP contribution in [0.25, 0.3) is 0 Å². The highest BCUT2D eigenvalue weighted by atomic mass is 32.2. The summed E-state index contributed by atoms with van der Waals surface area (Å²) in [6, 6.07) is 6.81. The molecule has 2 N–H and O–H groups in total. The quantitative estimate of drug-likeness (QED) is 0.816. The summed E-state index contributed by atoms with van der Waals surface area (Å²) < 4.78 is 25.5. The van der Waals surface area contributed by atoms with Crippen LogP contribution in [-0.4, -0.2) is 55.8 Å². The molecule has 2 amide bonds. The second-order valence-corrected chi connectivity index (χ2v) is 8.71. The van der Waals surface area contributed by atoms with Gasteiger partial charge in [-0.05, 0) is 37.0 Å². The zero-order chi connectivity index (χ0) is 18.7. The normalized spacial score (nSPS) is 22.2. The monoisotopic (exact) mass is 381 g/mol. The molecule has 1 aromatic carbocycles. The van der Waals surface area contributed by atoms with Crippen molar-refractivity contribution in [3.63, 3.8) is 0 Å². The van der Waals surface area contributed by atoms with Crippen molar-refractivity contribution in [3.05, 3.63) is 29.8 Å². The molecule has 0 radical (unpaired) electrons. The third-order valence-electron chi connectivity index (χ3n) is 4.80. The Kier molecular flexibility index (Phi) is 5.36. The number of aliphatic carboxylic acids is 1. The SMILES string of the molecule is O=C(O)C1CCCN(C(=O)NCc2cccc(N3CCCS3(=O)=O)c2)C1. The number of hydrogen-bond donors (Lipinski definition) is 2. The Hall–Kier alpha value is -2.29. The molecule has 2 saturated heterocycles. The minimum absolute atomic E-state index is 0.160. The number of sulfonamides is 1. The van der Waals surface area contributed by atoms with E-state index in [0.717, 1.165) is 5.56 Å². The fraction of sp³-hybridized carbons (Fsp3) is 0.529. The molecule has 1 aromatic rings. The van der Waals surface area contributed by atoms with E-state index in [1.54, 1.807) is 18.2 Å². The van der Waals surface area contributed by atoms with Crippen LogP contribution in [0, 0.1) is 5.92 Å². The Bertz CT molecular complexity index is 795. The third-order valence-corrected chi connectivity index (χ3v) is 6.67. The maximum atomic E-state index is 12.3. The molecule has 8 nitrogen and oxygen atoms in total. The number of rotatable bonds is 4. The molecule has 1 atom stereocenters. The summed E-state index contributed by atoms with van der Waals surface area (Å²) in [5.74, 6) is -1.23. The van der Waals surface area contributed by atoms with Crippen molar-refractivity contribution in [1.82, 2.24) is 10.2 Å². The summed E-state index contributed by atoms with van der Waals surface area (Å²) in [6.45, 7) is 1.49.